The number of benzene rings is 1. The number of hydrogen-bond donors (Lipinski definition) is 1. The van der Waals surface area contributed by atoms with Gasteiger partial charge in [-0.3, -0.25) is 4.68 Å². The van der Waals surface area contributed by atoms with Gasteiger partial charge in [-0.1, -0.05) is 11.6 Å². The summed E-state index contributed by atoms with van der Waals surface area (Å²) in [6, 6.07) is 7.82. The number of aryl methyl sites for hydroxylation is 2. The lowest BCUT2D eigenvalue weighted by Gasteiger charge is -2.14. The van der Waals surface area contributed by atoms with E-state index in [1.54, 1.807) is 0 Å². The van der Waals surface area contributed by atoms with Crippen LogP contribution in [-0.2, 0) is 13.5 Å². The van der Waals surface area contributed by atoms with Gasteiger partial charge in [0.05, 0.1) is 5.69 Å². The summed E-state index contributed by atoms with van der Waals surface area (Å²) in [5.41, 5.74) is 9.50. The molecule has 96 valence electrons. The van der Waals surface area contributed by atoms with Crippen molar-refractivity contribution in [1.82, 2.24) is 9.78 Å². The third-order valence-electron chi connectivity index (χ3n) is 2.89. The van der Waals surface area contributed by atoms with Gasteiger partial charge in [-0.05, 0) is 59.3 Å². The third-order valence-corrected chi connectivity index (χ3v) is 4.10. The first-order chi connectivity index (χ1) is 8.47. The minimum Gasteiger partial charge on any atom is -0.324 e. The SMILES string of the molecule is Cc1cc(CC(N)c2cc(Cl)ccc2I)n(C)n1. The molecule has 0 radical (unpaired) electrons. The van der Waals surface area contributed by atoms with Crippen LogP contribution < -0.4 is 5.73 Å². The van der Waals surface area contributed by atoms with E-state index in [1.165, 1.54) is 0 Å². The van der Waals surface area contributed by atoms with Crippen LogP contribution in [-0.4, -0.2) is 9.78 Å². The van der Waals surface area contributed by atoms with Crippen LogP contribution in [0, 0.1) is 10.5 Å². The average Bonchev–Trinajstić information content (AvgIpc) is 2.61. The average molecular weight is 376 g/mol. The summed E-state index contributed by atoms with van der Waals surface area (Å²) in [5.74, 6) is 0. The molecule has 3 nitrogen and oxygen atoms in total. The van der Waals surface area contributed by atoms with Gasteiger partial charge < -0.3 is 5.73 Å². The first-order valence-corrected chi connectivity index (χ1v) is 7.13. The molecule has 0 saturated carbocycles. The van der Waals surface area contributed by atoms with Crippen LogP contribution in [0.5, 0.6) is 0 Å². The number of hydrogen-bond acceptors (Lipinski definition) is 2. The zero-order chi connectivity index (χ0) is 13.3. The molecule has 2 N–H and O–H groups in total. The maximum atomic E-state index is 6.27. The Morgan fingerprint density at radius 1 is 1.44 bits per heavy atom. The van der Waals surface area contributed by atoms with Crippen LogP contribution in [0.2, 0.25) is 5.02 Å². The molecule has 1 aromatic carbocycles. The van der Waals surface area contributed by atoms with Gasteiger partial charge in [0.1, 0.15) is 0 Å². The van der Waals surface area contributed by atoms with Crippen molar-refractivity contribution in [2.45, 2.75) is 19.4 Å². The van der Waals surface area contributed by atoms with Crippen molar-refractivity contribution in [2.75, 3.05) is 0 Å². The van der Waals surface area contributed by atoms with Gasteiger partial charge in [-0.25, -0.2) is 0 Å². The Bertz CT molecular complexity index is 565. The molecule has 2 aromatic rings. The largest absolute Gasteiger partial charge is 0.324 e. The lowest BCUT2D eigenvalue weighted by atomic mass is 10.0. The first-order valence-electron chi connectivity index (χ1n) is 5.67. The van der Waals surface area contributed by atoms with Crippen molar-refractivity contribution < 1.29 is 0 Å². The number of halogens is 2. The molecule has 18 heavy (non-hydrogen) atoms. The molecule has 0 bridgehead atoms. The van der Waals surface area contributed by atoms with E-state index in [1.807, 2.05) is 36.9 Å². The van der Waals surface area contributed by atoms with Gasteiger partial charge in [0.15, 0.2) is 0 Å². The highest BCUT2D eigenvalue weighted by atomic mass is 127. The summed E-state index contributed by atoms with van der Waals surface area (Å²) in [5, 5.41) is 5.06. The van der Waals surface area contributed by atoms with E-state index in [4.69, 9.17) is 17.3 Å². The fourth-order valence-corrected chi connectivity index (χ4v) is 2.91. The van der Waals surface area contributed by atoms with Gasteiger partial charge in [0.25, 0.3) is 0 Å². The highest BCUT2D eigenvalue weighted by molar-refractivity contribution is 14.1. The molecule has 1 heterocycles. The second-order valence-corrected chi connectivity index (χ2v) is 5.98. The molecule has 2 rings (SSSR count). The fraction of sp³-hybridized carbons (Fsp3) is 0.308. The van der Waals surface area contributed by atoms with Crippen LogP contribution in [0.4, 0.5) is 0 Å². The van der Waals surface area contributed by atoms with Gasteiger partial charge in [-0.15, -0.1) is 0 Å². The fourth-order valence-electron chi connectivity index (χ4n) is 1.99. The molecule has 0 aliphatic carbocycles. The lowest BCUT2D eigenvalue weighted by Crippen LogP contribution is -2.16. The summed E-state index contributed by atoms with van der Waals surface area (Å²) in [6.07, 6.45) is 0.758. The van der Waals surface area contributed by atoms with Crippen molar-refractivity contribution in [1.29, 1.82) is 0 Å². The molecule has 0 aliphatic heterocycles. The minimum atomic E-state index is -0.0644. The van der Waals surface area contributed by atoms with Crippen molar-refractivity contribution in [3.05, 3.63) is 49.8 Å². The Morgan fingerprint density at radius 2 is 2.17 bits per heavy atom. The van der Waals surface area contributed by atoms with Crippen molar-refractivity contribution in [2.24, 2.45) is 12.8 Å². The third kappa shape index (κ3) is 3.05. The van der Waals surface area contributed by atoms with Crippen LogP contribution in [0.3, 0.4) is 0 Å². The number of nitrogens with two attached hydrogens (primary N) is 1. The van der Waals surface area contributed by atoms with E-state index < -0.39 is 0 Å². The van der Waals surface area contributed by atoms with Crippen molar-refractivity contribution in [3.8, 4) is 0 Å². The van der Waals surface area contributed by atoms with Crippen molar-refractivity contribution >= 4 is 34.2 Å². The Morgan fingerprint density at radius 3 is 2.78 bits per heavy atom. The Balaban J connectivity index is 2.24. The maximum absolute atomic E-state index is 6.27. The summed E-state index contributed by atoms with van der Waals surface area (Å²) < 4.78 is 3.02. The van der Waals surface area contributed by atoms with E-state index >= 15 is 0 Å². The van der Waals surface area contributed by atoms with Gasteiger partial charge in [0.2, 0.25) is 0 Å². The van der Waals surface area contributed by atoms with E-state index in [9.17, 15) is 0 Å². The Hall–Kier alpha value is -0.590. The standard InChI is InChI=1S/C13H15ClIN3/c1-8-5-10(18(2)17-8)7-13(16)11-6-9(14)3-4-12(11)15/h3-6,13H,7,16H2,1-2H3. The Labute approximate surface area is 125 Å². The summed E-state index contributed by atoms with van der Waals surface area (Å²) in [4.78, 5) is 0. The molecule has 0 amide bonds. The highest BCUT2D eigenvalue weighted by Crippen LogP contribution is 2.25. The second kappa shape index (κ2) is 5.59. The monoisotopic (exact) mass is 375 g/mol. The Kier molecular flexibility index (Phi) is 4.29. The van der Waals surface area contributed by atoms with Crippen LogP contribution in [0.25, 0.3) is 0 Å². The predicted molar refractivity (Wildman–Crippen MR) is 82.7 cm³/mol. The number of aromatic nitrogens is 2. The molecular weight excluding hydrogens is 361 g/mol. The molecule has 0 fully saturated rings. The molecule has 1 unspecified atom stereocenters. The van der Waals surface area contributed by atoms with Crippen molar-refractivity contribution in [3.63, 3.8) is 0 Å². The molecular formula is C13H15ClIN3. The van der Waals surface area contributed by atoms with Gasteiger partial charge in [-0.2, -0.15) is 5.10 Å². The molecule has 0 aliphatic rings. The molecule has 0 saturated heterocycles. The summed E-state index contributed by atoms with van der Waals surface area (Å²) in [7, 11) is 1.94. The molecule has 1 atom stereocenters. The molecule has 0 spiro atoms. The lowest BCUT2D eigenvalue weighted by molar-refractivity contribution is 0.638. The van der Waals surface area contributed by atoms with E-state index in [-0.39, 0.29) is 6.04 Å². The van der Waals surface area contributed by atoms with E-state index in [0.29, 0.717) is 0 Å². The normalized spacial score (nSPS) is 12.7. The number of rotatable bonds is 3. The molecule has 1 aromatic heterocycles. The number of nitrogens with zero attached hydrogens (tertiary/aromatic N) is 2. The highest BCUT2D eigenvalue weighted by Gasteiger charge is 2.13. The van der Waals surface area contributed by atoms with Crippen LogP contribution in [0.15, 0.2) is 24.3 Å². The van der Waals surface area contributed by atoms with Gasteiger partial charge in [0, 0.05) is 33.8 Å². The van der Waals surface area contributed by atoms with Crippen LogP contribution >= 0.6 is 34.2 Å². The van der Waals surface area contributed by atoms with Crippen LogP contribution in [0.1, 0.15) is 23.0 Å². The summed E-state index contributed by atoms with van der Waals surface area (Å²) in [6.45, 7) is 1.98. The maximum Gasteiger partial charge on any atom is 0.0596 e. The van der Waals surface area contributed by atoms with E-state index in [0.717, 1.165) is 32.0 Å². The molecule has 5 heteroatoms. The minimum absolute atomic E-state index is 0.0644. The zero-order valence-corrected chi connectivity index (χ0v) is 13.2. The predicted octanol–water partition coefficient (Wildman–Crippen LogP) is 3.23. The summed E-state index contributed by atoms with van der Waals surface area (Å²) >= 11 is 8.31. The van der Waals surface area contributed by atoms with E-state index in [2.05, 4.69) is 33.8 Å². The topological polar surface area (TPSA) is 43.8 Å². The zero-order valence-electron chi connectivity index (χ0n) is 10.3. The smallest absolute Gasteiger partial charge is 0.0596 e. The van der Waals surface area contributed by atoms with Gasteiger partial charge >= 0.3 is 0 Å². The first kappa shape index (κ1) is 13.8. The second-order valence-electron chi connectivity index (χ2n) is 4.38. The quantitative estimate of drug-likeness (QED) is 0.837.